The molecule has 1 aliphatic rings. The second kappa shape index (κ2) is 7.77. The summed E-state index contributed by atoms with van der Waals surface area (Å²) in [6.07, 6.45) is 0. The standard InChI is InChI=1S/C21H26FN3O/c1-15-12-16(2)21(17(3)13-15)23-14-20(26)25-10-8-24(9-11-25)19-7-5-4-6-18(19)22/h4-7,12-13,23H,8-11,14H2,1-3H3. The Hall–Kier alpha value is -2.56. The van der Waals surface area contributed by atoms with Gasteiger partial charge in [0.1, 0.15) is 5.82 Å². The number of hydrogen-bond acceptors (Lipinski definition) is 3. The van der Waals surface area contributed by atoms with Crippen molar-refractivity contribution in [2.45, 2.75) is 20.8 Å². The normalized spacial score (nSPS) is 14.5. The molecule has 0 saturated carbocycles. The molecule has 26 heavy (non-hydrogen) atoms. The lowest BCUT2D eigenvalue weighted by Crippen LogP contribution is -2.50. The number of benzene rings is 2. The third-order valence-electron chi connectivity index (χ3n) is 4.92. The average Bonchev–Trinajstić information content (AvgIpc) is 2.61. The minimum atomic E-state index is -0.209. The van der Waals surface area contributed by atoms with Crippen molar-refractivity contribution in [2.75, 3.05) is 42.9 Å². The lowest BCUT2D eigenvalue weighted by atomic mass is 10.1. The smallest absolute Gasteiger partial charge is 0.241 e. The SMILES string of the molecule is Cc1cc(C)c(NCC(=O)N2CCN(c3ccccc3F)CC2)c(C)c1. The second-order valence-electron chi connectivity index (χ2n) is 6.95. The number of piperazine rings is 1. The van der Waals surface area contributed by atoms with Gasteiger partial charge >= 0.3 is 0 Å². The largest absolute Gasteiger partial charge is 0.376 e. The van der Waals surface area contributed by atoms with E-state index in [1.54, 1.807) is 12.1 Å². The van der Waals surface area contributed by atoms with Gasteiger partial charge in [-0.3, -0.25) is 4.79 Å². The quantitative estimate of drug-likeness (QED) is 0.912. The molecule has 1 fully saturated rings. The third-order valence-corrected chi connectivity index (χ3v) is 4.92. The van der Waals surface area contributed by atoms with Crippen LogP contribution in [0.15, 0.2) is 36.4 Å². The van der Waals surface area contributed by atoms with Crippen LogP contribution in [0.3, 0.4) is 0 Å². The van der Waals surface area contributed by atoms with Crippen molar-refractivity contribution in [3.8, 4) is 0 Å². The Labute approximate surface area is 154 Å². The molecule has 1 heterocycles. The van der Waals surface area contributed by atoms with Gasteiger partial charge < -0.3 is 15.1 Å². The highest BCUT2D eigenvalue weighted by atomic mass is 19.1. The van der Waals surface area contributed by atoms with Gasteiger partial charge in [0.05, 0.1) is 12.2 Å². The summed E-state index contributed by atoms with van der Waals surface area (Å²) in [7, 11) is 0. The monoisotopic (exact) mass is 355 g/mol. The van der Waals surface area contributed by atoms with Crippen LogP contribution < -0.4 is 10.2 Å². The Kier molecular flexibility index (Phi) is 5.45. The molecule has 1 amide bonds. The Morgan fingerprint density at radius 3 is 2.27 bits per heavy atom. The van der Waals surface area contributed by atoms with Gasteiger partial charge in [-0.1, -0.05) is 29.8 Å². The summed E-state index contributed by atoms with van der Waals surface area (Å²) in [6, 6.07) is 11.0. The predicted octanol–water partition coefficient (Wildman–Crippen LogP) is 3.51. The minimum Gasteiger partial charge on any atom is -0.376 e. The summed E-state index contributed by atoms with van der Waals surface area (Å²) in [5.74, 6) is -0.128. The first-order valence-corrected chi connectivity index (χ1v) is 9.04. The molecule has 2 aromatic rings. The molecular weight excluding hydrogens is 329 g/mol. The van der Waals surface area contributed by atoms with Crippen molar-refractivity contribution in [3.05, 3.63) is 58.9 Å². The zero-order chi connectivity index (χ0) is 18.7. The number of amides is 1. The lowest BCUT2D eigenvalue weighted by Gasteiger charge is -2.36. The van der Waals surface area contributed by atoms with Crippen molar-refractivity contribution in [2.24, 2.45) is 0 Å². The fraction of sp³-hybridized carbons (Fsp3) is 0.381. The van der Waals surface area contributed by atoms with E-state index in [0.717, 1.165) is 16.8 Å². The van der Waals surface area contributed by atoms with E-state index in [4.69, 9.17) is 0 Å². The molecule has 5 heteroatoms. The van der Waals surface area contributed by atoms with E-state index in [1.807, 2.05) is 15.9 Å². The zero-order valence-electron chi connectivity index (χ0n) is 15.7. The molecule has 0 atom stereocenters. The summed E-state index contributed by atoms with van der Waals surface area (Å²) in [5.41, 5.74) is 5.18. The average molecular weight is 355 g/mol. The maximum absolute atomic E-state index is 13.9. The van der Waals surface area contributed by atoms with Gasteiger partial charge in [0.15, 0.2) is 0 Å². The molecule has 1 aliphatic heterocycles. The molecule has 2 aromatic carbocycles. The third kappa shape index (κ3) is 3.98. The van der Waals surface area contributed by atoms with Crippen LogP contribution >= 0.6 is 0 Å². The van der Waals surface area contributed by atoms with Crippen LogP contribution in [-0.2, 0) is 4.79 Å². The number of para-hydroxylation sites is 1. The molecule has 3 rings (SSSR count). The van der Waals surface area contributed by atoms with Crippen molar-refractivity contribution < 1.29 is 9.18 Å². The summed E-state index contributed by atoms with van der Waals surface area (Å²) in [5, 5.41) is 3.29. The molecule has 0 radical (unpaired) electrons. The van der Waals surface area contributed by atoms with Gasteiger partial charge in [-0.05, 0) is 44.0 Å². The number of halogens is 1. The number of rotatable bonds is 4. The van der Waals surface area contributed by atoms with Crippen LogP contribution in [-0.4, -0.2) is 43.5 Å². The number of anilines is 2. The second-order valence-corrected chi connectivity index (χ2v) is 6.95. The first kappa shape index (κ1) is 18.2. The summed E-state index contributed by atoms with van der Waals surface area (Å²) in [6.45, 7) is 8.99. The summed E-state index contributed by atoms with van der Waals surface area (Å²) >= 11 is 0. The van der Waals surface area contributed by atoms with Gasteiger partial charge in [-0.25, -0.2) is 4.39 Å². The van der Waals surface area contributed by atoms with Crippen LogP contribution in [0.4, 0.5) is 15.8 Å². The van der Waals surface area contributed by atoms with E-state index in [0.29, 0.717) is 31.9 Å². The topological polar surface area (TPSA) is 35.6 Å². The lowest BCUT2D eigenvalue weighted by molar-refractivity contribution is -0.129. The molecule has 1 N–H and O–H groups in total. The number of aryl methyl sites for hydroxylation is 3. The summed E-state index contributed by atoms with van der Waals surface area (Å²) in [4.78, 5) is 16.4. The number of hydrogen-bond donors (Lipinski definition) is 1. The molecule has 4 nitrogen and oxygen atoms in total. The van der Waals surface area contributed by atoms with E-state index in [2.05, 4.69) is 38.2 Å². The molecule has 0 spiro atoms. The van der Waals surface area contributed by atoms with Gasteiger partial charge in [0.25, 0.3) is 0 Å². The molecule has 138 valence electrons. The Morgan fingerprint density at radius 2 is 1.65 bits per heavy atom. The highest BCUT2D eigenvalue weighted by molar-refractivity contribution is 5.81. The van der Waals surface area contributed by atoms with Gasteiger partial charge in [-0.2, -0.15) is 0 Å². The van der Waals surface area contributed by atoms with Crippen molar-refractivity contribution in [3.63, 3.8) is 0 Å². The minimum absolute atomic E-state index is 0.0811. The first-order valence-electron chi connectivity index (χ1n) is 9.04. The van der Waals surface area contributed by atoms with Gasteiger partial charge in [0.2, 0.25) is 5.91 Å². The number of carbonyl (C=O) groups excluding carboxylic acids is 1. The predicted molar refractivity (Wildman–Crippen MR) is 104 cm³/mol. The van der Waals surface area contributed by atoms with E-state index >= 15 is 0 Å². The van der Waals surface area contributed by atoms with Crippen molar-refractivity contribution >= 4 is 17.3 Å². The Morgan fingerprint density at radius 1 is 1.04 bits per heavy atom. The van der Waals surface area contributed by atoms with Gasteiger partial charge in [-0.15, -0.1) is 0 Å². The van der Waals surface area contributed by atoms with Crippen LogP contribution in [0.5, 0.6) is 0 Å². The van der Waals surface area contributed by atoms with Crippen LogP contribution in [0.2, 0.25) is 0 Å². The highest BCUT2D eigenvalue weighted by Crippen LogP contribution is 2.22. The Bertz CT molecular complexity index is 775. The van der Waals surface area contributed by atoms with Crippen LogP contribution in [0, 0.1) is 26.6 Å². The number of nitrogens with zero attached hydrogens (tertiary/aromatic N) is 2. The fourth-order valence-electron chi connectivity index (χ4n) is 3.64. The molecule has 0 unspecified atom stereocenters. The highest BCUT2D eigenvalue weighted by Gasteiger charge is 2.22. The zero-order valence-corrected chi connectivity index (χ0v) is 15.7. The summed E-state index contributed by atoms with van der Waals surface area (Å²) < 4.78 is 13.9. The maximum atomic E-state index is 13.9. The molecule has 0 aliphatic carbocycles. The van der Waals surface area contributed by atoms with E-state index in [9.17, 15) is 9.18 Å². The first-order chi connectivity index (χ1) is 12.5. The van der Waals surface area contributed by atoms with Gasteiger partial charge in [0, 0.05) is 31.9 Å². The number of carbonyl (C=O) groups is 1. The van der Waals surface area contributed by atoms with E-state index < -0.39 is 0 Å². The molecule has 0 aromatic heterocycles. The van der Waals surface area contributed by atoms with Crippen LogP contribution in [0.1, 0.15) is 16.7 Å². The Balaban J connectivity index is 1.55. The fourth-order valence-corrected chi connectivity index (χ4v) is 3.64. The van der Waals surface area contributed by atoms with Crippen molar-refractivity contribution in [1.82, 2.24) is 4.90 Å². The molecule has 1 saturated heterocycles. The van der Waals surface area contributed by atoms with Crippen LogP contribution in [0.25, 0.3) is 0 Å². The number of nitrogens with one attached hydrogen (secondary N) is 1. The van der Waals surface area contributed by atoms with E-state index in [1.165, 1.54) is 11.6 Å². The molecule has 0 bridgehead atoms. The molecular formula is C21H26FN3O. The van der Waals surface area contributed by atoms with Crippen molar-refractivity contribution in [1.29, 1.82) is 0 Å². The van der Waals surface area contributed by atoms with E-state index in [-0.39, 0.29) is 18.3 Å². The maximum Gasteiger partial charge on any atom is 0.241 e.